The van der Waals surface area contributed by atoms with Crippen LogP contribution in [-0.4, -0.2) is 60.1 Å². The minimum Gasteiger partial charge on any atom is -0.493 e. The number of rotatable bonds is 10. The van der Waals surface area contributed by atoms with Crippen LogP contribution in [-0.2, 0) is 14.8 Å². The fourth-order valence-electron chi connectivity index (χ4n) is 2.34. The number of sulfonamides is 1. The lowest BCUT2D eigenvalue weighted by Crippen LogP contribution is -2.40. The summed E-state index contributed by atoms with van der Waals surface area (Å²) in [5, 5.41) is 0. The molecule has 0 aliphatic heterocycles. The Morgan fingerprint density at radius 3 is 2.33 bits per heavy atom. The highest BCUT2D eigenvalue weighted by Crippen LogP contribution is 2.29. The zero-order chi connectivity index (χ0) is 20.0. The summed E-state index contributed by atoms with van der Waals surface area (Å²) in [6.45, 7) is 4.90. The summed E-state index contributed by atoms with van der Waals surface area (Å²) in [4.78, 5) is 13.8. The van der Waals surface area contributed by atoms with Crippen LogP contribution >= 0.6 is 12.4 Å². The maximum Gasteiger partial charge on any atom is 0.240 e. The second-order valence-corrected chi connectivity index (χ2v) is 8.55. The van der Waals surface area contributed by atoms with Gasteiger partial charge in [-0.05, 0) is 24.1 Å². The third kappa shape index (κ3) is 7.53. The summed E-state index contributed by atoms with van der Waals surface area (Å²) >= 11 is 0. The van der Waals surface area contributed by atoms with Gasteiger partial charge in [0.15, 0.2) is 11.5 Å². The lowest BCUT2D eigenvalue weighted by molar-refractivity contribution is -0.130. The molecule has 0 aromatic heterocycles. The molecule has 0 fully saturated rings. The first-order chi connectivity index (χ1) is 12.1. The number of carbonyl (C=O) groups excluding carboxylic acids is 1. The average molecular weight is 424 g/mol. The minimum absolute atomic E-state index is 0. The molecule has 27 heavy (non-hydrogen) atoms. The maximum absolute atomic E-state index is 12.4. The molecule has 0 heterocycles. The minimum atomic E-state index is -3.76. The van der Waals surface area contributed by atoms with Crippen molar-refractivity contribution in [3.63, 3.8) is 0 Å². The third-order valence-electron chi connectivity index (χ3n) is 3.94. The van der Waals surface area contributed by atoms with E-state index in [4.69, 9.17) is 15.2 Å². The number of nitrogens with one attached hydrogen (secondary N) is 1. The highest BCUT2D eigenvalue weighted by atomic mass is 35.5. The molecule has 0 atom stereocenters. The van der Waals surface area contributed by atoms with Crippen molar-refractivity contribution in [2.24, 2.45) is 11.1 Å². The smallest absolute Gasteiger partial charge is 0.240 e. The van der Waals surface area contributed by atoms with Gasteiger partial charge in [-0.15, -0.1) is 12.4 Å². The Morgan fingerprint density at radius 1 is 1.22 bits per heavy atom. The molecular formula is C17H30ClN3O5S. The standard InChI is InChI=1S/C17H29N3O5S.ClH/c1-17(2,11-18)12-20(3)16(21)8-9-19-26(22,23)13-6-7-14(24-4)15(10-13)25-5;/h6-7,10,19H,8-9,11-12,18H2,1-5H3;1H. The molecule has 1 rings (SSSR count). The molecule has 0 saturated heterocycles. The van der Waals surface area contributed by atoms with Crippen LogP contribution in [0.5, 0.6) is 11.5 Å². The number of hydrogen-bond acceptors (Lipinski definition) is 6. The van der Waals surface area contributed by atoms with Gasteiger partial charge in [-0.1, -0.05) is 13.8 Å². The summed E-state index contributed by atoms with van der Waals surface area (Å²) < 4.78 is 37.4. The van der Waals surface area contributed by atoms with Crippen molar-refractivity contribution in [3.8, 4) is 11.5 Å². The first-order valence-corrected chi connectivity index (χ1v) is 9.70. The number of nitrogens with two attached hydrogens (primary N) is 1. The van der Waals surface area contributed by atoms with Gasteiger partial charge in [-0.2, -0.15) is 0 Å². The summed E-state index contributed by atoms with van der Waals surface area (Å²) in [6.07, 6.45) is 0.0592. The summed E-state index contributed by atoms with van der Waals surface area (Å²) in [5.41, 5.74) is 5.48. The van der Waals surface area contributed by atoms with Crippen LogP contribution in [0, 0.1) is 5.41 Å². The molecule has 8 nitrogen and oxygen atoms in total. The largest absolute Gasteiger partial charge is 0.493 e. The van der Waals surface area contributed by atoms with Crippen molar-refractivity contribution in [1.82, 2.24) is 9.62 Å². The zero-order valence-corrected chi connectivity index (χ0v) is 18.1. The van der Waals surface area contributed by atoms with Gasteiger partial charge in [-0.25, -0.2) is 13.1 Å². The van der Waals surface area contributed by atoms with E-state index in [9.17, 15) is 13.2 Å². The van der Waals surface area contributed by atoms with Gasteiger partial charge < -0.3 is 20.1 Å². The number of benzene rings is 1. The van der Waals surface area contributed by atoms with Crippen molar-refractivity contribution < 1.29 is 22.7 Å². The molecule has 0 spiro atoms. The molecule has 3 N–H and O–H groups in total. The van der Waals surface area contributed by atoms with E-state index in [1.807, 2.05) is 13.8 Å². The molecule has 0 unspecified atom stereocenters. The predicted molar refractivity (Wildman–Crippen MR) is 107 cm³/mol. The first kappa shape index (κ1) is 25.4. The number of hydrogen-bond donors (Lipinski definition) is 2. The predicted octanol–water partition coefficient (Wildman–Crippen LogP) is 1.24. The number of ether oxygens (including phenoxy) is 2. The summed E-state index contributed by atoms with van der Waals surface area (Å²) in [7, 11) is 0.828. The Bertz CT molecular complexity index is 725. The first-order valence-electron chi connectivity index (χ1n) is 8.22. The molecular weight excluding hydrogens is 394 g/mol. The molecule has 0 aliphatic carbocycles. The van der Waals surface area contributed by atoms with Gasteiger partial charge in [0.1, 0.15) is 0 Å². The van der Waals surface area contributed by atoms with E-state index in [2.05, 4.69) is 4.72 Å². The SMILES string of the molecule is COc1ccc(S(=O)(=O)NCCC(=O)N(C)CC(C)(C)CN)cc1OC.Cl. The molecule has 156 valence electrons. The Kier molecular flexibility index (Phi) is 10.1. The normalized spacial score (nSPS) is 11.5. The lowest BCUT2D eigenvalue weighted by Gasteiger charge is -2.29. The Hall–Kier alpha value is -1.55. The second kappa shape index (κ2) is 10.7. The van der Waals surface area contributed by atoms with E-state index in [-0.39, 0.29) is 41.6 Å². The molecule has 0 aliphatic rings. The van der Waals surface area contributed by atoms with Crippen LogP contribution in [0.3, 0.4) is 0 Å². The number of carbonyl (C=O) groups is 1. The number of halogens is 1. The van der Waals surface area contributed by atoms with Gasteiger partial charge in [0.25, 0.3) is 0 Å². The van der Waals surface area contributed by atoms with E-state index < -0.39 is 10.0 Å². The second-order valence-electron chi connectivity index (χ2n) is 6.78. The molecule has 0 saturated carbocycles. The van der Waals surface area contributed by atoms with E-state index in [0.29, 0.717) is 24.6 Å². The van der Waals surface area contributed by atoms with Crippen molar-refractivity contribution >= 4 is 28.3 Å². The van der Waals surface area contributed by atoms with Gasteiger partial charge in [0.2, 0.25) is 15.9 Å². The van der Waals surface area contributed by atoms with Gasteiger partial charge in [-0.3, -0.25) is 4.79 Å². The zero-order valence-electron chi connectivity index (χ0n) is 16.4. The maximum atomic E-state index is 12.4. The molecule has 10 heteroatoms. The van der Waals surface area contributed by atoms with Crippen LogP contribution in [0.25, 0.3) is 0 Å². The van der Waals surface area contributed by atoms with Crippen LogP contribution in [0.1, 0.15) is 20.3 Å². The van der Waals surface area contributed by atoms with Crippen LogP contribution < -0.4 is 19.9 Å². The van der Waals surface area contributed by atoms with E-state index >= 15 is 0 Å². The highest BCUT2D eigenvalue weighted by Gasteiger charge is 2.22. The molecule has 1 amide bonds. The molecule has 0 radical (unpaired) electrons. The average Bonchev–Trinajstić information content (AvgIpc) is 2.60. The number of nitrogens with zero attached hydrogens (tertiary/aromatic N) is 1. The summed E-state index contributed by atoms with van der Waals surface area (Å²) in [6, 6.07) is 4.31. The fourth-order valence-corrected chi connectivity index (χ4v) is 3.39. The van der Waals surface area contributed by atoms with Crippen molar-refractivity contribution in [3.05, 3.63) is 18.2 Å². The topological polar surface area (TPSA) is 111 Å². The van der Waals surface area contributed by atoms with Crippen LogP contribution in [0.4, 0.5) is 0 Å². The van der Waals surface area contributed by atoms with Gasteiger partial charge in [0, 0.05) is 32.6 Å². The fraction of sp³-hybridized carbons (Fsp3) is 0.588. The third-order valence-corrected chi connectivity index (χ3v) is 5.40. The van der Waals surface area contributed by atoms with Gasteiger partial charge in [0.05, 0.1) is 19.1 Å². The molecule has 1 aromatic rings. The Balaban J connectivity index is 0.00000676. The molecule has 1 aromatic carbocycles. The summed E-state index contributed by atoms with van der Waals surface area (Å²) in [5.74, 6) is 0.600. The number of methoxy groups -OCH3 is 2. The van der Waals surface area contributed by atoms with Crippen molar-refractivity contribution in [2.45, 2.75) is 25.2 Å². The lowest BCUT2D eigenvalue weighted by atomic mass is 9.93. The van der Waals surface area contributed by atoms with E-state index in [1.54, 1.807) is 11.9 Å². The van der Waals surface area contributed by atoms with Crippen LogP contribution in [0.15, 0.2) is 23.1 Å². The Labute approximate surface area is 167 Å². The van der Waals surface area contributed by atoms with Gasteiger partial charge >= 0.3 is 0 Å². The van der Waals surface area contributed by atoms with Crippen LogP contribution in [0.2, 0.25) is 0 Å². The quantitative estimate of drug-likeness (QED) is 0.585. The van der Waals surface area contributed by atoms with E-state index in [0.717, 1.165) is 0 Å². The number of amides is 1. The molecule has 0 bridgehead atoms. The van der Waals surface area contributed by atoms with Crippen molar-refractivity contribution in [2.75, 3.05) is 40.9 Å². The Morgan fingerprint density at radius 2 is 1.81 bits per heavy atom. The monoisotopic (exact) mass is 423 g/mol. The van der Waals surface area contributed by atoms with E-state index in [1.165, 1.54) is 32.4 Å². The van der Waals surface area contributed by atoms with Crippen molar-refractivity contribution in [1.29, 1.82) is 0 Å². The highest BCUT2D eigenvalue weighted by molar-refractivity contribution is 7.89.